The molecule has 0 heterocycles. The molecule has 1 fully saturated rings. The van der Waals surface area contributed by atoms with Crippen LogP contribution in [-0.2, 0) is 4.79 Å². The molecule has 1 aliphatic carbocycles. The SMILES string of the molecule is CCN(CC(F)(F)F)C(=O)C1CCCCC1CN. The molecule has 2 N–H and O–H groups in total. The molecule has 0 spiro atoms. The zero-order valence-electron chi connectivity index (χ0n) is 10.7. The maximum atomic E-state index is 12.4. The van der Waals surface area contributed by atoms with Gasteiger partial charge in [0, 0.05) is 12.5 Å². The van der Waals surface area contributed by atoms with E-state index in [0.29, 0.717) is 13.0 Å². The van der Waals surface area contributed by atoms with Crippen molar-refractivity contribution in [3.8, 4) is 0 Å². The standard InChI is InChI=1S/C12H21F3N2O/c1-2-17(8-12(13,14)15)11(18)10-6-4-3-5-9(10)7-16/h9-10H,2-8,16H2,1H3. The highest BCUT2D eigenvalue weighted by molar-refractivity contribution is 5.79. The van der Waals surface area contributed by atoms with Gasteiger partial charge in [0.2, 0.25) is 5.91 Å². The minimum atomic E-state index is -4.33. The predicted molar refractivity (Wildman–Crippen MR) is 62.8 cm³/mol. The number of amides is 1. The molecule has 2 atom stereocenters. The van der Waals surface area contributed by atoms with E-state index in [1.165, 1.54) is 0 Å². The maximum Gasteiger partial charge on any atom is 0.406 e. The van der Waals surface area contributed by atoms with E-state index in [2.05, 4.69) is 0 Å². The Balaban J connectivity index is 2.69. The summed E-state index contributed by atoms with van der Waals surface area (Å²) in [6, 6.07) is 0. The highest BCUT2D eigenvalue weighted by Crippen LogP contribution is 2.31. The lowest BCUT2D eigenvalue weighted by Gasteiger charge is -2.34. The Bertz CT molecular complexity index is 281. The van der Waals surface area contributed by atoms with Gasteiger partial charge in [-0.1, -0.05) is 12.8 Å². The minimum Gasteiger partial charge on any atom is -0.334 e. The van der Waals surface area contributed by atoms with Crippen molar-refractivity contribution in [1.29, 1.82) is 0 Å². The van der Waals surface area contributed by atoms with Gasteiger partial charge in [-0.15, -0.1) is 0 Å². The average molecular weight is 266 g/mol. The van der Waals surface area contributed by atoms with Crippen LogP contribution in [0.1, 0.15) is 32.6 Å². The average Bonchev–Trinajstić information content (AvgIpc) is 2.34. The maximum absolute atomic E-state index is 12.4. The first-order valence-electron chi connectivity index (χ1n) is 6.44. The quantitative estimate of drug-likeness (QED) is 0.847. The van der Waals surface area contributed by atoms with Gasteiger partial charge >= 0.3 is 6.18 Å². The Morgan fingerprint density at radius 2 is 1.94 bits per heavy atom. The zero-order valence-corrected chi connectivity index (χ0v) is 10.7. The van der Waals surface area contributed by atoms with Crippen LogP contribution in [-0.4, -0.2) is 36.6 Å². The second-order valence-electron chi connectivity index (χ2n) is 4.85. The molecule has 0 aromatic heterocycles. The van der Waals surface area contributed by atoms with Gasteiger partial charge in [-0.3, -0.25) is 4.79 Å². The van der Waals surface area contributed by atoms with Crippen LogP contribution in [0, 0.1) is 11.8 Å². The third kappa shape index (κ3) is 4.15. The lowest BCUT2D eigenvalue weighted by molar-refractivity contribution is -0.165. The number of rotatable bonds is 4. The molecule has 1 amide bonds. The molecule has 1 rings (SSSR count). The summed E-state index contributed by atoms with van der Waals surface area (Å²) in [5, 5.41) is 0. The Morgan fingerprint density at radius 1 is 1.33 bits per heavy atom. The van der Waals surface area contributed by atoms with E-state index in [1.807, 2.05) is 0 Å². The molecule has 3 nitrogen and oxygen atoms in total. The van der Waals surface area contributed by atoms with Crippen molar-refractivity contribution in [3.63, 3.8) is 0 Å². The van der Waals surface area contributed by atoms with Crippen LogP contribution >= 0.6 is 0 Å². The molecule has 1 aliphatic rings. The monoisotopic (exact) mass is 266 g/mol. The lowest BCUT2D eigenvalue weighted by Crippen LogP contribution is -2.45. The van der Waals surface area contributed by atoms with Crippen molar-refractivity contribution < 1.29 is 18.0 Å². The van der Waals surface area contributed by atoms with E-state index >= 15 is 0 Å². The molecule has 2 unspecified atom stereocenters. The van der Waals surface area contributed by atoms with E-state index in [0.717, 1.165) is 24.2 Å². The van der Waals surface area contributed by atoms with Gasteiger partial charge in [-0.2, -0.15) is 13.2 Å². The smallest absolute Gasteiger partial charge is 0.334 e. The number of carbonyl (C=O) groups is 1. The van der Waals surface area contributed by atoms with E-state index < -0.39 is 12.7 Å². The van der Waals surface area contributed by atoms with E-state index in [1.54, 1.807) is 6.92 Å². The molecule has 106 valence electrons. The Morgan fingerprint density at radius 3 is 2.44 bits per heavy atom. The van der Waals surface area contributed by atoms with Gasteiger partial charge in [0.1, 0.15) is 6.54 Å². The topological polar surface area (TPSA) is 46.3 Å². The Hall–Kier alpha value is -0.780. The number of halogens is 3. The van der Waals surface area contributed by atoms with Crippen LogP contribution in [0.25, 0.3) is 0 Å². The summed E-state index contributed by atoms with van der Waals surface area (Å²) >= 11 is 0. The van der Waals surface area contributed by atoms with Crippen molar-refractivity contribution in [2.45, 2.75) is 38.8 Å². The van der Waals surface area contributed by atoms with Crippen molar-refractivity contribution in [2.75, 3.05) is 19.6 Å². The predicted octanol–water partition coefficient (Wildman–Crippen LogP) is 2.16. The van der Waals surface area contributed by atoms with Gasteiger partial charge in [0.25, 0.3) is 0 Å². The molecule has 18 heavy (non-hydrogen) atoms. The van der Waals surface area contributed by atoms with Crippen LogP contribution in [0.4, 0.5) is 13.2 Å². The molecule has 0 radical (unpaired) electrons. The molecular weight excluding hydrogens is 245 g/mol. The number of hydrogen-bond donors (Lipinski definition) is 1. The zero-order chi connectivity index (χ0) is 13.8. The van der Waals surface area contributed by atoms with Gasteiger partial charge in [-0.25, -0.2) is 0 Å². The van der Waals surface area contributed by atoms with E-state index in [9.17, 15) is 18.0 Å². The first-order valence-corrected chi connectivity index (χ1v) is 6.44. The summed E-state index contributed by atoms with van der Waals surface area (Å²) in [7, 11) is 0. The highest BCUT2D eigenvalue weighted by Gasteiger charge is 2.37. The van der Waals surface area contributed by atoms with Crippen LogP contribution in [0.3, 0.4) is 0 Å². The van der Waals surface area contributed by atoms with Crippen molar-refractivity contribution in [3.05, 3.63) is 0 Å². The van der Waals surface area contributed by atoms with Gasteiger partial charge in [0.05, 0.1) is 0 Å². The number of alkyl halides is 3. The first kappa shape index (κ1) is 15.3. The molecular formula is C12H21F3N2O. The first-order chi connectivity index (χ1) is 8.39. The third-order valence-corrected chi connectivity index (χ3v) is 3.59. The van der Waals surface area contributed by atoms with Crippen LogP contribution < -0.4 is 5.73 Å². The lowest BCUT2D eigenvalue weighted by atomic mass is 9.78. The van der Waals surface area contributed by atoms with Crippen LogP contribution in [0.2, 0.25) is 0 Å². The second kappa shape index (κ2) is 6.41. The fourth-order valence-corrected chi connectivity index (χ4v) is 2.61. The number of nitrogens with two attached hydrogens (primary N) is 1. The molecule has 0 saturated heterocycles. The van der Waals surface area contributed by atoms with Crippen LogP contribution in [0.15, 0.2) is 0 Å². The largest absolute Gasteiger partial charge is 0.406 e. The van der Waals surface area contributed by atoms with Crippen LogP contribution in [0.5, 0.6) is 0 Å². The summed E-state index contributed by atoms with van der Waals surface area (Å²) in [6.45, 7) is 0.881. The van der Waals surface area contributed by atoms with Crippen molar-refractivity contribution in [1.82, 2.24) is 4.90 Å². The van der Waals surface area contributed by atoms with Gasteiger partial charge in [-0.05, 0) is 32.2 Å². The molecule has 0 aromatic carbocycles. The molecule has 1 saturated carbocycles. The van der Waals surface area contributed by atoms with E-state index in [-0.39, 0.29) is 24.3 Å². The van der Waals surface area contributed by atoms with Crippen molar-refractivity contribution in [2.24, 2.45) is 17.6 Å². The normalized spacial score (nSPS) is 24.9. The molecule has 6 heteroatoms. The second-order valence-corrected chi connectivity index (χ2v) is 4.85. The summed E-state index contributed by atoms with van der Waals surface area (Å²) in [5.74, 6) is -0.676. The molecule has 0 bridgehead atoms. The van der Waals surface area contributed by atoms with Crippen molar-refractivity contribution >= 4 is 5.91 Å². The summed E-state index contributed by atoms with van der Waals surface area (Å²) in [6.07, 6.45) is -0.919. The molecule has 0 aromatic rings. The van der Waals surface area contributed by atoms with Gasteiger partial charge in [0.15, 0.2) is 0 Å². The fraction of sp³-hybridized carbons (Fsp3) is 0.917. The Kier molecular flexibility index (Phi) is 5.44. The molecule has 0 aliphatic heterocycles. The number of carbonyl (C=O) groups excluding carboxylic acids is 1. The van der Waals surface area contributed by atoms with Gasteiger partial charge < -0.3 is 10.6 Å². The highest BCUT2D eigenvalue weighted by atomic mass is 19.4. The third-order valence-electron chi connectivity index (χ3n) is 3.59. The summed E-state index contributed by atoms with van der Waals surface area (Å²) in [4.78, 5) is 13.0. The number of nitrogens with zero attached hydrogens (tertiary/aromatic N) is 1. The fourth-order valence-electron chi connectivity index (χ4n) is 2.61. The summed E-state index contributed by atoms with van der Waals surface area (Å²) in [5.41, 5.74) is 5.61. The number of hydrogen-bond acceptors (Lipinski definition) is 2. The minimum absolute atomic E-state index is 0.0357. The summed E-state index contributed by atoms with van der Waals surface area (Å²) < 4.78 is 37.1. The Labute approximate surface area is 106 Å². The van der Waals surface area contributed by atoms with E-state index in [4.69, 9.17) is 5.73 Å².